The summed E-state index contributed by atoms with van der Waals surface area (Å²) in [6.45, 7) is 4.17. The highest BCUT2D eigenvalue weighted by Gasteiger charge is 2.12. The molecular weight excluding hydrogens is 278 g/mol. The fraction of sp³-hybridized carbons (Fsp3) is 0.211. The third kappa shape index (κ3) is 2.66. The fourth-order valence-corrected chi connectivity index (χ4v) is 3.25. The highest BCUT2D eigenvalue weighted by Crippen LogP contribution is 2.31. The molecule has 0 saturated carbocycles. The van der Waals surface area contributed by atoms with E-state index in [2.05, 4.69) is 49.4 Å². The maximum atomic E-state index is 6.58. The highest BCUT2D eigenvalue weighted by atomic mass is 35.5. The van der Waals surface area contributed by atoms with Gasteiger partial charge in [0.05, 0.1) is 10.5 Å². The second kappa shape index (κ2) is 5.87. The Hall–Kier alpha value is -1.86. The van der Waals surface area contributed by atoms with Gasteiger partial charge in [-0.1, -0.05) is 67.1 Å². The standard InChI is InChI=1S/C19H18ClN/c1-3-16-13(2)21-19-15(10-7-11-17(19)18(16)20)12-14-8-5-4-6-9-14/h4-11H,3,12H2,1-2H3. The summed E-state index contributed by atoms with van der Waals surface area (Å²) in [6.07, 6.45) is 1.79. The lowest BCUT2D eigenvalue weighted by Crippen LogP contribution is -1.98. The molecule has 1 nitrogen and oxygen atoms in total. The third-order valence-electron chi connectivity index (χ3n) is 3.93. The van der Waals surface area contributed by atoms with E-state index < -0.39 is 0 Å². The largest absolute Gasteiger partial charge is 0.252 e. The zero-order valence-corrected chi connectivity index (χ0v) is 13.1. The number of aromatic nitrogens is 1. The number of nitrogens with zero attached hydrogens (tertiary/aromatic N) is 1. The molecule has 106 valence electrons. The molecule has 0 unspecified atom stereocenters. The van der Waals surface area contributed by atoms with Crippen molar-refractivity contribution in [2.24, 2.45) is 0 Å². The molecule has 0 amide bonds. The Morgan fingerprint density at radius 1 is 1.00 bits per heavy atom. The van der Waals surface area contributed by atoms with Crippen LogP contribution in [0.5, 0.6) is 0 Å². The molecule has 0 spiro atoms. The SMILES string of the molecule is CCc1c(C)nc2c(Cc3ccccc3)cccc2c1Cl. The molecule has 0 N–H and O–H groups in total. The molecule has 2 heteroatoms. The molecule has 3 aromatic rings. The van der Waals surface area contributed by atoms with Crippen LogP contribution in [0.3, 0.4) is 0 Å². The molecule has 1 heterocycles. The van der Waals surface area contributed by atoms with Crippen LogP contribution in [0.25, 0.3) is 10.9 Å². The van der Waals surface area contributed by atoms with Gasteiger partial charge in [0.2, 0.25) is 0 Å². The third-order valence-corrected chi connectivity index (χ3v) is 4.36. The van der Waals surface area contributed by atoms with Gasteiger partial charge in [-0.3, -0.25) is 4.98 Å². The van der Waals surface area contributed by atoms with Gasteiger partial charge < -0.3 is 0 Å². The first-order valence-electron chi connectivity index (χ1n) is 7.31. The molecule has 0 saturated heterocycles. The number of hydrogen-bond donors (Lipinski definition) is 0. The summed E-state index contributed by atoms with van der Waals surface area (Å²) in [6, 6.07) is 16.8. The van der Waals surface area contributed by atoms with Crippen molar-refractivity contribution >= 4 is 22.5 Å². The summed E-state index contributed by atoms with van der Waals surface area (Å²) in [4.78, 5) is 4.82. The second-order valence-corrected chi connectivity index (χ2v) is 5.70. The van der Waals surface area contributed by atoms with Gasteiger partial charge >= 0.3 is 0 Å². The molecule has 0 atom stereocenters. The van der Waals surface area contributed by atoms with Gasteiger partial charge in [0.15, 0.2) is 0 Å². The lowest BCUT2D eigenvalue weighted by molar-refractivity contribution is 1.06. The number of hydrogen-bond acceptors (Lipinski definition) is 1. The summed E-state index contributed by atoms with van der Waals surface area (Å²) in [5, 5.41) is 1.92. The Labute approximate surface area is 130 Å². The second-order valence-electron chi connectivity index (χ2n) is 5.32. The first-order chi connectivity index (χ1) is 10.2. The maximum Gasteiger partial charge on any atom is 0.0755 e. The number of halogens is 1. The summed E-state index contributed by atoms with van der Waals surface area (Å²) < 4.78 is 0. The van der Waals surface area contributed by atoms with Gasteiger partial charge in [0.25, 0.3) is 0 Å². The van der Waals surface area contributed by atoms with Gasteiger partial charge in [-0.2, -0.15) is 0 Å². The van der Waals surface area contributed by atoms with E-state index in [-0.39, 0.29) is 0 Å². The zero-order chi connectivity index (χ0) is 14.8. The van der Waals surface area contributed by atoms with E-state index in [1.807, 2.05) is 13.0 Å². The smallest absolute Gasteiger partial charge is 0.0755 e. The van der Waals surface area contributed by atoms with Crippen LogP contribution in [0.2, 0.25) is 5.02 Å². The normalized spacial score (nSPS) is 11.0. The van der Waals surface area contributed by atoms with Crippen LogP contribution in [-0.2, 0) is 12.8 Å². The number of pyridine rings is 1. The van der Waals surface area contributed by atoms with Crippen LogP contribution >= 0.6 is 11.6 Å². The van der Waals surface area contributed by atoms with Gasteiger partial charge in [-0.05, 0) is 36.5 Å². The number of benzene rings is 2. The number of rotatable bonds is 3. The van der Waals surface area contributed by atoms with Crippen LogP contribution in [0.1, 0.15) is 29.3 Å². The Morgan fingerprint density at radius 2 is 1.76 bits per heavy atom. The van der Waals surface area contributed by atoms with Crippen molar-refractivity contribution in [3.05, 3.63) is 75.9 Å². The minimum Gasteiger partial charge on any atom is -0.252 e. The van der Waals surface area contributed by atoms with Gasteiger partial charge in [-0.15, -0.1) is 0 Å². The fourth-order valence-electron chi connectivity index (χ4n) is 2.83. The van der Waals surface area contributed by atoms with Crippen LogP contribution in [0, 0.1) is 6.92 Å². The summed E-state index contributed by atoms with van der Waals surface area (Å²) in [7, 11) is 0. The summed E-state index contributed by atoms with van der Waals surface area (Å²) in [5.74, 6) is 0. The quantitative estimate of drug-likeness (QED) is 0.635. The molecule has 1 aromatic heterocycles. The van der Waals surface area contributed by atoms with E-state index in [0.717, 1.165) is 40.0 Å². The van der Waals surface area contributed by atoms with Crippen molar-refractivity contribution < 1.29 is 0 Å². The molecule has 0 radical (unpaired) electrons. The van der Waals surface area contributed by atoms with Crippen LogP contribution in [0.4, 0.5) is 0 Å². The Kier molecular flexibility index (Phi) is 3.94. The first kappa shape index (κ1) is 14.1. The number of para-hydroxylation sites is 1. The number of aryl methyl sites for hydroxylation is 1. The lowest BCUT2D eigenvalue weighted by Gasteiger charge is -2.12. The molecule has 0 aliphatic rings. The predicted octanol–water partition coefficient (Wildman–Crippen LogP) is 5.35. The molecule has 2 aromatic carbocycles. The van der Waals surface area contributed by atoms with Crippen molar-refractivity contribution in [2.75, 3.05) is 0 Å². The lowest BCUT2D eigenvalue weighted by atomic mass is 10.00. The van der Waals surface area contributed by atoms with E-state index >= 15 is 0 Å². The minimum atomic E-state index is 0.856. The van der Waals surface area contributed by atoms with Crippen molar-refractivity contribution in [3.8, 4) is 0 Å². The molecule has 3 rings (SSSR count). The van der Waals surface area contributed by atoms with E-state index in [1.54, 1.807) is 0 Å². The molecular formula is C19H18ClN. The van der Waals surface area contributed by atoms with Crippen molar-refractivity contribution in [1.82, 2.24) is 4.98 Å². The van der Waals surface area contributed by atoms with Crippen molar-refractivity contribution in [2.45, 2.75) is 26.7 Å². The Bertz CT molecular complexity index is 778. The van der Waals surface area contributed by atoms with Gasteiger partial charge in [0, 0.05) is 11.1 Å². The molecule has 21 heavy (non-hydrogen) atoms. The Balaban J connectivity index is 2.16. The van der Waals surface area contributed by atoms with Crippen molar-refractivity contribution in [3.63, 3.8) is 0 Å². The zero-order valence-electron chi connectivity index (χ0n) is 12.4. The predicted molar refractivity (Wildman–Crippen MR) is 90.1 cm³/mol. The van der Waals surface area contributed by atoms with Crippen molar-refractivity contribution in [1.29, 1.82) is 0 Å². The van der Waals surface area contributed by atoms with Gasteiger partial charge in [-0.25, -0.2) is 0 Å². The van der Waals surface area contributed by atoms with Crippen LogP contribution in [-0.4, -0.2) is 4.98 Å². The average molecular weight is 296 g/mol. The molecule has 0 bridgehead atoms. The summed E-state index contributed by atoms with van der Waals surface area (Å²) in [5.41, 5.74) is 5.74. The van der Waals surface area contributed by atoms with E-state index in [9.17, 15) is 0 Å². The maximum absolute atomic E-state index is 6.58. The summed E-state index contributed by atoms with van der Waals surface area (Å²) >= 11 is 6.58. The molecule has 0 aliphatic carbocycles. The average Bonchev–Trinajstić information content (AvgIpc) is 2.50. The van der Waals surface area contributed by atoms with Crippen LogP contribution < -0.4 is 0 Å². The highest BCUT2D eigenvalue weighted by molar-refractivity contribution is 6.36. The van der Waals surface area contributed by atoms with Gasteiger partial charge in [0.1, 0.15) is 0 Å². The van der Waals surface area contributed by atoms with E-state index in [0.29, 0.717) is 0 Å². The monoisotopic (exact) mass is 295 g/mol. The topological polar surface area (TPSA) is 12.9 Å². The molecule has 0 aliphatic heterocycles. The van der Waals surface area contributed by atoms with E-state index in [4.69, 9.17) is 16.6 Å². The minimum absolute atomic E-state index is 0.856. The van der Waals surface area contributed by atoms with E-state index in [1.165, 1.54) is 11.1 Å². The van der Waals surface area contributed by atoms with Crippen LogP contribution in [0.15, 0.2) is 48.5 Å². The molecule has 0 fully saturated rings. The first-order valence-corrected chi connectivity index (χ1v) is 7.69. The Morgan fingerprint density at radius 3 is 2.48 bits per heavy atom. The number of fused-ring (bicyclic) bond motifs is 1.